The molecule has 0 radical (unpaired) electrons. The standard InChI is InChI=1S/C11H14IN3/c12-10-7-14-11(15-8-10)13-6-5-9-3-1-2-4-9/h3,7-8H,1-2,4-6H2,(H,13,14,15). The molecule has 80 valence electrons. The van der Waals surface area contributed by atoms with Gasteiger partial charge in [-0.1, -0.05) is 11.6 Å². The summed E-state index contributed by atoms with van der Waals surface area (Å²) in [5.74, 6) is 0.731. The lowest BCUT2D eigenvalue weighted by Gasteiger charge is -2.04. The van der Waals surface area contributed by atoms with Crippen LogP contribution in [0.1, 0.15) is 25.7 Å². The lowest BCUT2D eigenvalue weighted by Crippen LogP contribution is -2.05. The van der Waals surface area contributed by atoms with Crippen molar-refractivity contribution in [3.05, 3.63) is 27.6 Å². The molecule has 4 heteroatoms. The molecule has 0 aliphatic heterocycles. The van der Waals surface area contributed by atoms with E-state index in [1.165, 1.54) is 19.3 Å². The first-order valence-corrected chi connectivity index (χ1v) is 6.32. The second-order valence-corrected chi connectivity index (χ2v) is 4.90. The van der Waals surface area contributed by atoms with E-state index in [9.17, 15) is 0 Å². The van der Waals surface area contributed by atoms with E-state index in [2.05, 4.69) is 44.0 Å². The zero-order valence-electron chi connectivity index (χ0n) is 8.54. The summed E-state index contributed by atoms with van der Waals surface area (Å²) >= 11 is 2.20. The van der Waals surface area contributed by atoms with Crippen LogP contribution in [0.2, 0.25) is 0 Å². The highest BCUT2D eigenvalue weighted by Gasteiger charge is 2.03. The molecule has 2 rings (SSSR count). The molecule has 15 heavy (non-hydrogen) atoms. The van der Waals surface area contributed by atoms with Crippen molar-refractivity contribution in [1.82, 2.24) is 9.97 Å². The maximum absolute atomic E-state index is 4.19. The molecule has 0 unspecified atom stereocenters. The van der Waals surface area contributed by atoms with Gasteiger partial charge in [-0.2, -0.15) is 0 Å². The van der Waals surface area contributed by atoms with Crippen LogP contribution in [0.15, 0.2) is 24.0 Å². The van der Waals surface area contributed by atoms with Gasteiger partial charge in [0, 0.05) is 22.5 Å². The van der Waals surface area contributed by atoms with E-state index in [-0.39, 0.29) is 0 Å². The lowest BCUT2D eigenvalue weighted by molar-refractivity contribution is 0.859. The van der Waals surface area contributed by atoms with Crippen molar-refractivity contribution in [2.45, 2.75) is 25.7 Å². The smallest absolute Gasteiger partial charge is 0.222 e. The van der Waals surface area contributed by atoms with Crippen LogP contribution in [0.3, 0.4) is 0 Å². The Morgan fingerprint density at radius 2 is 2.13 bits per heavy atom. The second-order valence-electron chi connectivity index (χ2n) is 3.66. The van der Waals surface area contributed by atoms with E-state index in [1.54, 1.807) is 5.57 Å². The molecular formula is C11H14IN3. The molecule has 0 atom stereocenters. The van der Waals surface area contributed by atoms with Gasteiger partial charge in [0.05, 0.1) is 0 Å². The zero-order chi connectivity index (χ0) is 10.5. The third-order valence-corrected chi connectivity index (χ3v) is 3.04. The van der Waals surface area contributed by atoms with Crippen molar-refractivity contribution in [2.75, 3.05) is 11.9 Å². The molecule has 3 nitrogen and oxygen atoms in total. The number of anilines is 1. The van der Waals surface area contributed by atoms with Gasteiger partial charge in [-0.3, -0.25) is 0 Å². The number of hydrogen-bond donors (Lipinski definition) is 1. The SMILES string of the molecule is Ic1cnc(NCCC2=CCCC2)nc1. The number of allylic oxidation sites excluding steroid dienone is 1. The average molecular weight is 315 g/mol. The summed E-state index contributed by atoms with van der Waals surface area (Å²) in [5.41, 5.74) is 1.58. The fourth-order valence-electron chi connectivity index (χ4n) is 1.70. The number of nitrogens with one attached hydrogen (secondary N) is 1. The normalized spacial score (nSPS) is 15.1. The largest absolute Gasteiger partial charge is 0.354 e. The number of aromatic nitrogens is 2. The zero-order valence-corrected chi connectivity index (χ0v) is 10.7. The molecule has 0 fully saturated rings. The summed E-state index contributed by atoms with van der Waals surface area (Å²) < 4.78 is 1.07. The molecule has 0 saturated heterocycles. The fraction of sp³-hybridized carbons (Fsp3) is 0.455. The number of rotatable bonds is 4. The van der Waals surface area contributed by atoms with Crippen molar-refractivity contribution in [3.8, 4) is 0 Å². The van der Waals surface area contributed by atoms with Crippen LogP contribution >= 0.6 is 22.6 Å². The van der Waals surface area contributed by atoms with Crippen LogP contribution in [-0.2, 0) is 0 Å². The summed E-state index contributed by atoms with van der Waals surface area (Å²) in [6.07, 6.45) is 11.0. The van der Waals surface area contributed by atoms with Gasteiger partial charge >= 0.3 is 0 Å². The molecule has 0 saturated carbocycles. The van der Waals surface area contributed by atoms with E-state index in [0.717, 1.165) is 22.5 Å². The minimum atomic E-state index is 0.731. The Kier molecular flexibility index (Phi) is 3.94. The molecule has 1 aliphatic rings. The van der Waals surface area contributed by atoms with Crippen molar-refractivity contribution in [2.24, 2.45) is 0 Å². The summed E-state index contributed by atoms with van der Waals surface area (Å²) in [6, 6.07) is 0. The monoisotopic (exact) mass is 315 g/mol. The Morgan fingerprint density at radius 1 is 1.33 bits per heavy atom. The van der Waals surface area contributed by atoms with Crippen molar-refractivity contribution < 1.29 is 0 Å². The first-order chi connectivity index (χ1) is 7.34. The molecular weight excluding hydrogens is 301 g/mol. The molecule has 0 bridgehead atoms. The molecule has 1 aromatic heterocycles. The van der Waals surface area contributed by atoms with Crippen LogP contribution in [0.25, 0.3) is 0 Å². The predicted molar refractivity (Wildman–Crippen MR) is 69.8 cm³/mol. The highest BCUT2D eigenvalue weighted by atomic mass is 127. The minimum Gasteiger partial charge on any atom is -0.354 e. The molecule has 1 heterocycles. The van der Waals surface area contributed by atoms with Crippen molar-refractivity contribution >= 4 is 28.5 Å². The molecule has 1 N–H and O–H groups in total. The Bertz CT molecular complexity index is 345. The quantitative estimate of drug-likeness (QED) is 0.686. The maximum atomic E-state index is 4.19. The van der Waals surface area contributed by atoms with Gasteiger partial charge in [-0.25, -0.2) is 9.97 Å². The van der Waals surface area contributed by atoms with Crippen LogP contribution in [0, 0.1) is 3.57 Å². The van der Waals surface area contributed by atoms with Crippen molar-refractivity contribution in [3.63, 3.8) is 0 Å². The molecule has 0 spiro atoms. The number of hydrogen-bond acceptors (Lipinski definition) is 3. The second kappa shape index (κ2) is 5.44. The van der Waals surface area contributed by atoms with Crippen LogP contribution in [0.5, 0.6) is 0 Å². The first kappa shape index (κ1) is 10.9. The topological polar surface area (TPSA) is 37.8 Å². The first-order valence-electron chi connectivity index (χ1n) is 5.24. The number of halogens is 1. The van der Waals surface area contributed by atoms with Gasteiger partial charge in [0.2, 0.25) is 5.95 Å². The van der Waals surface area contributed by atoms with E-state index in [4.69, 9.17) is 0 Å². The lowest BCUT2D eigenvalue weighted by atomic mass is 10.2. The van der Waals surface area contributed by atoms with Gasteiger partial charge < -0.3 is 5.32 Å². The highest BCUT2D eigenvalue weighted by Crippen LogP contribution is 2.20. The highest BCUT2D eigenvalue weighted by molar-refractivity contribution is 14.1. The molecule has 0 aromatic carbocycles. The summed E-state index contributed by atoms with van der Waals surface area (Å²) in [6.45, 7) is 0.937. The van der Waals surface area contributed by atoms with E-state index >= 15 is 0 Å². The van der Waals surface area contributed by atoms with Gasteiger partial charge in [0.25, 0.3) is 0 Å². The summed E-state index contributed by atoms with van der Waals surface area (Å²) in [5, 5.41) is 3.23. The average Bonchev–Trinajstić information content (AvgIpc) is 2.74. The van der Waals surface area contributed by atoms with Gasteiger partial charge in [-0.05, 0) is 48.3 Å². The number of nitrogens with zero attached hydrogens (tertiary/aromatic N) is 2. The van der Waals surface area contributed by atoms with Crippen LogP contribution in [0.4, 0.5) is 5.95 Å². The summed E-state index contributed by atoms with van der Waals surface area (Å²) in [7, 11) is 0. The Balaban J connectivity index is 1.75. The van der Waals surface area contributed by atoms with Crippen LogP contribution < -0.4 is 5.32 Å². The maximum Gasteiger partial charge on any atom is 0.222 e. The van der Waals surface area contributed by atoms with Crippen molar-refractivity contribution in [1.29, 1.82) is 0 Å². The molecule has 1 aromatic rings. The summed E-state index contributed by atoms with van der Waals surface area (Å²) in [4.78, 5) is 8.39. The Labute approximate surface area is 104 Å². The fourth-order valence-corrected chi connectivity index (χ4v) is 1.98. The Hall–Kier alpha value is -0.650. The predicted octanol–water partition coefficient (Wildman–Crippen LogP) is 2.99. The third-order valence-electron chi connectivity index (χ3n) is 2.48. The Morgan fingerprint density at radius 3 is 2.80 bits per heavy atom. The molecule has 0 amide bonds. The van der Waals surface area contributed by atoms with Crippen LogP contribution in [-0.4, -0.2) is 16.5 Å². The van der Waals surface area contributed by atoms with Gasteiger partial charge in [0.15, 0.2) is 0 Å². The minimum absolute atomic E-state index is 0.731. The van der Waals surface area contributed by atoms with E-state index in [1.807, 2.05) is 12.4 Å². The third kappa shape index (κ3) is 3.44. The van der Waals surface area contributed by atoms with E-state index < -0.39 is 0 Å². The van der Waals surface area contributed by atoms with E-state index in [0.29, 0.717) is 0 Å². The molecule has 1 aliphatic carbocycles. The van der Waals surface area contributed by atoms with Gasteiger partial charge in [0.1, 0.15) is 0 Å². The van der Waals surface area contributed by atoms with Gasteiger partial charge in [-0.15, -0.1) is 0 Å².